The third-order valence-electron chi connectivity index (χ3n) is 2.77. The molecule has 1 heterocycles. The van der Waals surface area contributed by atoms with E-state index in [0.29, 0.717) is 17.1 Å². The molecule has 0 unspecified atom stereocenters. The number of ether oxygens (including phenoxy) is 2. The van der Waals surface area contributed by atoms with E-state index in [-0.39, 0.29) is 5.12 Å². The Bertz CT molecular complexity index is 489. The molecule has 5 nitrogen and oxygen atoms in total. The Labute approximate surface area is 108 Å². The summed E-state index contributed by atoms with van der Waals surface area (Å²) in [4.78, 5) is 23.0. The maximum atomic E-state index is 12.0. The first-order valence-corrected chi connectivity index (χ1v) is 6.11. The Hall–Kier alpha value is -1.69. The van der Waals surface area contributed by atoms with E-state index in [2.05, 4.69) is 0 Å². The zero-order valence-corrected chi connectivity index (χ0v) is 10.7. The summed E-state index contributed by atoms with van der Waals surface area (Å²) in [5, 5.41) is 7.88. The third kappa shape index (κ3) is 2.03. The minimum absolute atomic E-state index is 0.240. The molecule has 2 rings (SSSR count). The van der Waals surface area contributed by atoms with Gasteiger partial charge in [0.1, 0.15) is 11.2 Å². The van der Waals surface area contributed by atoms with Crippen LogP contribution in [-0.2, 0) is 19.1 Å². The van der Waals surface area contributed by atoms with E-state index >= 15 is 0 Å². The van der Waals surface area contributed by atoms with Crippen LogP contribution in [0.15, 0.2) is 35.3 Å². The van der Waals surface area contributed by atoms with Crippen LogP contribution in [0.25, 0.3) is 0 Å². The molecule has 1 aliphatic carbocycles. The fourth-order valence-electron chi connectivity index (χ4n) is 1.95. The van der Waals surface area contributed by atoms with Crippen molar-refractivity contribution in [3.05, 3.63) is 35.3 Å². The molecule has 18 heavy (non-hydrogen) atoms. The van der Waals surface area contributed by atoms with E-state index in [1.54, 1.807) is 18.2 Å². The number of rotatable bonds is 3. The van der Waals surface area contributed by atoms with E-state index in [0.717, 1.165) is 11.8 Å². The van der Waals surface area contributed by atoms with Gasteiger partial charge in [-0.25, -0.2) is 0 Å². The molecule has 2 atom stereocenters. The minimum Gasteiger partial charge on any atom is -0.496 e. The van der Waals surface area contributed by atoms with Crippen molar-refractivity contribution >= 4 is 22.8 Å². The molecule has 0 saturated heterocycles. The Balaban J connectivity index is 2.44. The van der Waals surface area contributed by atoms with E-state index in [4.69, 9.17) is 14.6 Å². The van der Waals surface area contributed by atoms with Gasteiger partial charge in [-0.1, -0.05) is 23.9 Å². The Morgan fingerprint density at radius 3 is 2.61 bits per heavy atom. The second kappa shape index (κ2) is 4.89. The third-order valence-corrected chi connectivity index (χ3v) is 3.83. The largest absolute Gasteiger partial charge is 0.496 e. The molecule has 0 saturated carbocycles. The second-order valence-corrected chi connectivity index (χ2v) is 4.91. The first-order valence-electron chi connectivity index (χ1n) is 5.23. The van der Waals surface area contributed by atoms with Crippen LogP contribution < -0.4 is 0 Å². The van der Waals surface area contributed by atoms with Gasteiger partial charge >= 0.3 is 5.97 Å². The number of carbonyl (C=O) groups is 2. The summed E-state index contributed by atoms with van der Waals surface area (Å²) in [6, 6.07) is 0. The number of allylic oxidation sites excluding steroid dienone is 3. The average molecular weight is 268 g/mol. The SMILES string of the molecule is COC1=C(OC)[C@@H]2C(=O)S[C@@H](C(=O)O)C=C2C=C1. The summed E-state index contributed by atoms with van der Waals surface area (Å²) >= 11 is 0.793. The lowest BCUT2D eigenvalue weighted by Crippen LogP contribution is -2.30. The summed E-state index contributed by atoms with van der Waals surface area (Å²) in [6.45, 7) is 0. The molecule has 0 fully saturated rings. The van der Waals surface area contributed by atoms with Crippen LogP contribution in [-0.4, -0.2) is 35.7 Å². The maximum Gasteiger partial charge on any atom is 0.321 e. The topological polar surface area (TPSA) is 72.8 Å². The number of methoxy groups -OCH3 is 2. The molecule has 0 amide bonds. The monoisotopic (exact) mass is 268 g/mol. The van der Waals surface area contributed by atoms with Crippen LogP contribution in [0.5, 0.6) is 0 Å². The van der Waals surface area contributed by atoms with Crippen molar-refractivity contribution in [2.24, 2.45) is 5.92 Å². The number of carbonyl (C=O) groups excluding carboxylic acids is 1. The van der Waals surface area contributed by atoms with E-state index in [1.807, 2.05) is 0 Å². The Kier molecular flexibility index (Phi) is 3.47. The van der Waals surface area contributed by atoms with Gasteiger partial charge in [-0.2, -0.15) is 0 Å². The van der Waals surface area contributed by atoms with Crippen LogP contribution in [0.4, 0.5) is 0 Å². The molecular weight excluding hydrogens is 256 g/mol. The number of carboxylic acids is 1. The molecule has 0 aromatic carbocycles. The van der Waals surface area contributed by atoms with Gasteiger partial charge in [-0.05, 0) is 11.6 Å². The number of thioether (sulfide) groups is 1. The highest BCUT2D eigenvalue weighted by molar-refractivity contribution is 8.15. The number of hydrogen-bond acceptors (Lipinski definition) is 5. The predicted octanol–water partition coefficient (Wildman–Crippen LogP) is 1.33. The summed E-state index contributed by atoms with van der Waals surface area (Å²) in [5.74, 6) is -0.682. The zero-order valence-electron chi connectivity index (χ0n) is 9.88. The van der Waals surface area contributed by atoms with Crippen molar-refractivity contribution in [3.63, 3.8) is 0 Å². The van der Waals surface area contributed by atoms with Gasteiger partial charge < -0.3 is 14.6 Å². The zero-order chi connectivity index (χ0) is 13.3. The summed E-state index contributed by atoms with van der Waals surface area (Å²) in [6.07, 6.45) is 4.93. The summed E-state index contributed by atoms with van der Waals surface area (Å²) in [5.41, 5.74) is 0.642. The predicted molar refractivity (Wildman–Crippen MR) is 65.8 cm³/mol. The van der Waals surface area contributed by atoms with Gasteiger partial charge in [0.15, 0.2) is 11.5 Å². The van der Waals surface area contributed by atoms with Crippen LogP contribution in [0, 0.1) is 5.92 Å². The fraction of sp³-hybridized carbons (Fsp3) is 0.333. The maximum absolute atomic E-state index is 12.0. The van der Waals surface area contributed by atoms with Crippen molar-refractivity contribution in [1.29, 1.82) is 0 Å². The van der Waals surface area contributed by atoms with Crippen LogP contribution in [0.1, 0.15) is 0 Å². The van der Waals surface area contributed by atoms with Crippen molar-refractivity contribution in [2.45, 2.75) is 5.25 Å². The highest BCUT2D eigenvalue weighted by atomic mass is 32.2. The molecule has 0 spiro atoms. The Morgan fingerprint density at radius 2 is 2.06 bits per heavy atom. The van der Waals surface area contributed by atoms with Gasteiger partial charge in [0.2, 0.25) is 5.12 Å². The van der Waals surface area contributed by atoms with Gasteiger partial charge in [0.05, 0.1) is 14.2 Å². The number of aliphatic carboxylic acids is 1. The van der Waals surface area contributed by atoms with Gasteiger partial charge in [0, 0.05) is 0 Å². The number of carboxylic acid groups (broad SMARTS) is 1. The lowest BCUT2D eigenvalue weighted by molar-refractivity contribution is -0.135. The number of hydrogen-bond donors (Lipinski definition) is 1. The van der Waals surface area contributed by atoms with Crippen molar-refractivity contribution < 1.29 is 24.2 Å². The van der Waals surface area contributed by atoms with Crippen LogP contribution >= 0.6 is 11.8 Å². The first-order chi connectivity index (χ1) is 8.58. The minimum atomic E-state index is -1.02. The molecule has 0 aromatic rings. The van der Waals surface area contributed by atoms with Gasteiger partial charge in [-0.3, -0.25) is 9.59 Å². The molecular formula is C12H12O5S. The van der Waals surface area contributed by atoms with Crippen LogP contribution in [0.2, 0.25) is 0 Å². The second-order valence-electron chi connectivity index (χ2n) is 3.77. The van der Waals surface area contributed by atoms with Crippen LogP contribution in [0.3, 0.4) is 0 Å². The lowest BCUT2D eigenvalue weighted by atomic mass is 9.91. The average Bonchev–Trinajstić information content (AvgIpc) is 2.36. The molecule has 0 radical (unpaired) electrons. The van der Waals surface area contributed by atoms with Crippen molar-refractivity contribution in [2.75, 3.05) is 14.2 Å². The molecule has 0 bridgehead atoms. The van der Waals surface area contributed by atoms with Crippen molar-refractivity contribution in [1.82, 2.24) is 0 Å². The first kappa shape index (κ1) is 12.8. The molecule has 2 aliphatic rings. The normalized spacial score (nSPS) is 26.6. The molecule has 96 valence electrons. The highest BCUT2D eigenvalue weighted by Crippen LogP contribution is 2.39. The van der Waals surface area contributed by atoms with Gasteiger partial charge in [-0.15, -0.1) is 0 Å². The summed E-state index contributed by atoms with van der Waals surface area (Å²) in [7, 11) is 2.96. The summed E-state index contributed by atoms with van der Waals surface area (Å²) < 4.78 is 10.3. The fourth-order valence-corrected chi connectivity index (χ4v) is 2.91. The van der Waals surface area contributed by atoms with Crippen molar-refractivity contribution in [3.8, 4) is 0 Å². The quantitative estimate of drug-likeness (QED) is 0.832. The van der Waals surface area contributed by atoms with Gasteiger partial charge in [0.25, 0.3) is 0 Å². The smallest absolute Gasteiger partial charge is 0.321 e. The molecule has 1 aliphatic heterocycles. The highest BCUT2D eigenvalue weighted by Gasteiger charge is 2.39. The van der Waals surface area contributed by atoms with E-state index in [9.17, 15) is 9.59 Å². The molecule has 6 heteroatoms. The number of fused-ring (bicyclic) bond motifs is 1. The lowest BCUT2D eigenvalue weighted by Gasteiger charge is -2.28. The standard InChI is InChI=1S/C12H12O5S/c1-16-7-4-3-6-5-8(11(13)14)18-12(15)9(6)10(7)17-2/h3-5,8-9H,1-2H3,(H,13,14)/t8-,9-/m1/s1. The molecule has 1 N–H and O–H groups in total. The Morgan fingerprint density at radius 1 is 1.33 bits per heavy atom. The molecule has 0 aromatic heterocycles. The van der Waals surface area contributed by atoms with E-state index in [1.165, 1.54) is 14.2 Å². The van der Waals surface area contributed by atoms with E-state index < -0.39 is 17.1 Å².